The topological polar surface area (TPSA) is 77.1 Å². The summed E-state index contributed by atoms with van der Waals surface area (Å²) >= 11 is 0. The van der Waals surface area contributed by atoms with Crippen LogP contribution in [-0.4, -0.2) is 56.7 Å². The highest BCUT2D eigenvalue weighted by Crippen LogP contribution is 2.28. The third kappa shape index (κ3) is 7.57. The first-order chi connectivity index (χ1) is 15.5. The summed E-state index contributed by atoms with van der Waals surface area (Å²) in [6, 6.07) is 14.4. The van der Waals surface area contributed by atoms with Gasteiger partial charge in [0, 0.05) is 26.3 Å². The number of nitrogens with zero attached hydrogens (tertiary/aromatic N) is 1. The molecule has 0 saturated heterocycles. The number of hydrogen-bond donors (Lipinski definition) is 1. The highest BCUT2D eigenvalue weighted by atomic mass is 16.5. The largest absolute Gasteiger partial charge is 0.493 e. The molecule has 1 atom stereocenters. The number of methoxy groups -OCH3 is 2. The maximum absolute atomic E-state index is 13.3. The van der Waals surface area contributed by atoms with E-state index in [1.54, 1.807) is 38.2 Å². The zero-order valence-corrected chi connectivity index (χ0v) is 19.4. The predicted molar refractivity (Wildman–Crippen MR) is 124 cm³/mol. The molecule has 0 heterocycles. The SMILES string of the molecule is CCOCCCNC(=O)[C@@H](C)N(Cc1ccccc1)C(=O)Cc1ccc(OC)c(OC)c1. The molecule has 2 aromatic carbocycles. The molecule has 2 rings (SSSR count). The van der Waals surface area contributed by atoms with E-state index in [0.29, 0.717) is 37.8 Å². The molecule has 7 nitrogen and oxygen atoms in total. The van der Waals surface area contributed by atoms with E-state index in [2.05, 4.69) is 5.32 Å². The molecule has 0 unspecified atom stereocenters. The van der Waals surface area contributed by atoms with Crippen LogP contribution in [0.15, 0.2) is 48.5 Å². The fourth-order valence-electron chi connectivity index (χ4n) is 3.31. The van der Waals surface area contributed by atoms with Crippen molar-refractivity contribution in [2.45, 2.75) is 39.3 Å². The van der Waals surface area contributed by atoms with Crippen LogP contribution in [0.4, 0.5) is 0 Å². The summed E-state index contributed by atoms with van der Waals surface area (Å²) in [5.41, 5.74) is 1.75. The molecule has 0 bridgehead atoms. The van der Waals surface area contributed by atoms with Gasteiger partial charge in [0.2, 0.25) is 11.8 Å². The average Bonchev–Trinajstić information content (AvgIpc) is 2.82. The number of carbonyl (C=O) groups excluding carboxylic acids is 2. The highest BCUT2D eigenvalue weighted by molar-refractivity contribution is 5.88. The van der Waals surface area contributed by atoms with Crippen molar-refractivity contribution in [2.24, 2.45) is 0 Å². The van der Waals surface area contributed by atoms with Crippen molar-refractivity contribution < 1.29 is 23.8 Å². The lowest BCUT2D eigenvalue weighted by atomic mass is 10.1. The second-order valence-electron chi connectivity index (χ2n) is 7.39. The Labute approximate surface area is 190 Å². The highest BCUT2D eigenvalue weighted by Gasteiger charge is 2.26. The lowest BCUT2D eigenvalue weighted by molar-refractivity contribution is -0.140. The smallest absolute Gasteiger partial charge is 0.242 e. The van der Waals surface area contributed by atoms with Crippen molar-refractivity contribution in [1.29, 1.82) is 0 Å². The second-order valence-corrected chi connectivity index (χ2v) is 7.39. The van der Waals surface area contributed by atoms with Gasteiger partial charge < -0.3 is 24.4 Å². The summed E-state index contributed by atoms with van der Waals surface area (Å²) in [7, 11) is 3.13. The molecule has 2 aromatic rings. The monoisotopic (exact) mass is 442 g/mol. The van der Waals surface area contributed by atoms with Crippen LogP contribution >= 0.6 is 0 Å². The van der Waals surface area contributed by atoms with Gasteiger partial charge in [-0.1, -0.05) is 36.4 Å². The molecule has 0 aromatic heterocycles. The fourth-order valence-corrected chi connectivity index (χ4v) is 3.31. The van der Waals surface area contributed by atoms with Crippen molar-refractivity contribution in [3.63, 3.8) is 0 Å². The number of carbonyl (C=O) groups is 2. The molecule has 174 valence electrons. The van der Waals surface area contributed by atoms with Gasteiger partial charge in [-0.05, 0) is 43.5 Å². The van der Waals surface area contributed by atoms with Gasteiger partial charge in [0.05, 0.1) is 20.6 Å². The van der Waals surface area contributed by atoms with E-state index in [9.17, 15) is 9.59 Å². The van der Waals surface area contributed by atoms with E-state index in [1.165, 1.54) is 0 Å². The first-order valence-corrected chi connectivity index (χ1v) is 10.9. The lowest BCUT2D eigenvalue weighted by Gasteiger charge is -2.29. The van der Waals surface area contributed by atoms with Crippen molar-refractivity contribution in [3.8, 4) is 11.5 Å². The first kappa shape index (κ1) is 25.2. The fraction of sp³-hybridized carbons (Fsp3) is 0.440. The summed E-state index contributed by atoms with van der Waals surface area (Å²) in [6.45, 7) is 5.79. The van der Waals surface area contributed by atoms with Gasteiger partial charge in [-0.2, -0.15) is 0 Å². The minimum Gasteiger partial charge on any atom is -0.493 e. The van der Waals surface area contributed by atoms with Crippen molar-refractivity contribution >= 4 is 11.8 Å². The number of ether oxygens (including phenoxy) is 3. The molecule has 0 saturated carbocycles. The molecule has 7 heteroatoms. The number of rotatable bonds is 13. The van der Waals surface area contributed by atoms with Gasteiger partial charge in [0.25, 0.3) is 0 Å². The van der Waals surface area contributed by atoms with E-state index in [-0.39, 0.29) is 18.2 Å². The third-order valence-electron chi connectivity index (χ3n) is 5.14. The summed E-state index contributed by atoms with van der Waals surface area (Å²) in [5, 5.41) is 2.91. The summed E-state index contributed by atoms with van der Waals surface area (Å²) in [6.07, 6.45) is 0.875. The van der Waals surface area contributed by atoms with Gasteiger partial charge in [-0.3, -0.25) is 9.59 Å². The van der Waals surface area contributed by atoms with Crippen LogP contribution in [0.3, 0.4) is 0 Å². The molecule has 2 amide bonds. The summed E-state index contributed by atoms with van der Waals surface area (Å²) in [4.78, 5) is 27.7. The second kappa shape index (κ2) is 13.4. The van der Waals surface area contributed by atoms with Crippen LogP contribution in [0.2, 0.25) is 0 Å². The Morgan fingerprint density at radius 1 is 1.00 bits per heavy atom. The number of benzene rings is 2. The molecule has 0 fully saturated rings. The molecule has 0 spiro atoms. The molecular formula is C25H34N2O5. The van der Waals surface area contributed by atoms with Crippen LogP contribution in [0, 0.1) is 0 Å². The number of hydrogen-bond acceptors (Lipinski definition) is 5. The normalized spacial score (nSPS) is 11.5. The number of amides is 2. The first-order valence-electron chi connectivity index (χ1n) is 10.9. The van der Waals surface area contributed by atoms with E-state index in [1.807, 2.05) is 43.3 Å². The van der Waals surface area contributed by atoms with Gasteiger partial charge >= 0.3 is 0 Å². The van der Waals surface area contributed by atoms with Crippen molar-refractivity contribution in [2.75, 3.05) is 34.0 Å². The Balaban J connectivity index is 2.13. The third-order valence-corrected chi connectivity index (χ3v) is 5.14. The van der Waals surface area contributed by atoms with Crippen molar-refractivity contribution in [3.05, 3.63) is 59.7 Å². The quantitative estimate of drug-likeness (QED) is 0.482. The standard InChI is InChI=1S/C25H34N2O5/c1-5-32-15-9-14-26-25(29)19(2)27(18-20-10-7-6-8-11-20)24(28)17-21-12-13-22(30-3)23(16-21)31-4/h6-8,10-13,16,19H,5,9,14-15,17-18H2,1-4H3,(H,26,29)/t19-/m1/s1. The van der Waals surface area contributed by atoms with Crippen LogP contribution in [-0.2, 0) is 27.3 Å². The zero-order chi connectivity index (χ0) is 23.3. The minimum absolute atomic E-state index is 0.141. The Hall–Kier alpha value is -3.06. The Kier molecular flexibility index (Phi) is 10.5. The molecular weight excluding hydrogens is 408 g/mol. The van der Waals surface area contributed by atoms with Crippen LogP contribution in [0.5, 0.6) is 11.5 Å². The van der Waals surface area contributed by atoms with E-state index < -0.39 is 6.04 Å². The van der Waals surface area contributed by atoms with Gasteiger partial charge in [0.1, 0.15) is 6.04 Å². The van der Waals surface area contributed by atoms with E-state index >= 15 is 0 Å². The number of nitrogens with one attached hydrogen (secondary N) is 1. The van der Waals surface area contributed by atoms with Crippen molar-refractivity contribution in [1.82, 2.24) is 10.2 Å². The summed E-state index contributed by atoms with van der Waals surface area (Å²) in [5.74, 6) is 0.841. The van der Waals surface area contributed by atoms with Crippen LogP contribution < -0.4 is 14.8 Å². The Morgan fingerprint density at radius 2 is 1.72 bits per heavy atom. The van der Waals surface area contributed by atoms with Crippen LogP contribution in [0.1, 0.15) is 31.4 Å². The molecule has 1 N–H and O–H groups in total. The molecule has 0 aliphatic heterocycles. The minimum atomic E-state index is -0.616. The maximum Gasteiger partial charge on any atom is 0.242 e. The van der Waals surface area contributed by atoms with Gasteiger partial charge in [0.15, 0.2) is 11.5 Å². The maximum atomic E-state index is 13.3. The van der Waals surface area contributed by atoms with Crippen LogP contribution in [0.25, 0.3) is 0 Å². The Morgan fingerprint density at radius 3 is 2.38 bits per heavy atom. The van der Waals surface area contributed by atoms with Gasteiger partial charge in [-0.15, -0.1) is 0 Å². The molecule has 32 heavy (non-hydrogen) atoms. The zero-order valence-electron chi connectivity index (χ0n) is 19.4. The van der Waals surface area contributed by atoms with Gasteiger partial charge in [-0.25, -0.2) is 0 Å². The molecule has 0 aliphatic carbocycles. The molecule has 0 aliphatic rings. The Bertz CT molecular complexity index is 857. The van der Waals surface area contributed by atoms with E-state index in [4.69, 9.17) is 14.2 Å². The summed E-state index contributed by atoms with van der Waals surface area (Å²) < 4.78 is 15.9. The lowest BCUT2D eigenvalue weighted by Crippen LogP contribution is -2.48. The molecule has 0 radical (unpaired) electrons. The predicted octanol–water partition coefficient (Wildman–Crippen LogP) is 3.21. The van der Waals surface area contributed by atoms with E-state index in [0.717, 1.165) is 17.5 Å². The average molecular weight is 443 g/mol.